The molecule has 0 aromatic heterocycles. The zero-order valence-corrected chi connectivity index (χ0v) is 17.8. The summed E-state index contributed by atoms with van der Waals surface area (Å²) in [6.07, 6.45) is 0.867. The first-order valence-electron chi connectivity index (χ1n) is 10.3. The van der Waals surface area contributed by atoms with E-state index < -0.39 is 0 Å². The predicted octanol–water partition coefficient (Wildman–Crippen LogP) is 2.88. The van der Waals surface area contributed by atoms with Gasteiger partial charge in [-0.1, -0.05) is 30.3 Å². The summed E-state index contributed by atoms with van der Waals surface area (Å²) in [7, 11) is 1.78. The quantitative estimate of drug-likeness (QED) is 0.335. The van der Waals surface area contributed by atoms with Gasteiger partial charge in [-0.2, -0.15) is 0 Å². The lowest BCUT2D eigenvalue weighted by atomic mass is 10.1. The second-order valence-corrected chi connectivity index (χ2v) is 6.86. The van der Waals surface area contributed by atoms with Crippen molar-refractivity contribution in [1.82, 2.24) is 10.6 Å². The van der Waals surface area contributed by atoms with Crippen LogP contribution < -0.4 is 20.1 Å². The van der Waals surface area contributed by atoms with Crippen molar-refractivity contribution in [3.8, 4) is 11.5 Å². The molecule has 7 heteroatoms. The fourth-order valence-corrected chi connectivity index (χ4v) is 3.11. The van der Waals surface area contributed by atoms with Gasteiger partial charge in [0.15, 0.2) is 17.5 Å². The van der Waals surface area contributed by atoms with E-state index in [1.165, 1.54) is 11.1 Å². The van der Waals surface area contributed by atoms with Crippen LogP contribution in [0.5, 0.6) is 11.5 Å². The zero-order chi connectivity index (χ0) is 21.0. The molecule has 0 saturated carbocycles. The number of nitrogens with one attached hydrogen (secondary N) is 2. The fourth-order valence-electron chi connectivity index (χ4n) is 3.11. The normalized spacial score (nSPS) is 12.8. The summed E-state index contributed by atoms with van der Waals surface area (Å²) in [4.78, 5) is 4.30. The van der Waals surface area contributed by atoms with Crippen LogP contribution in [0.2, 0.25) is 0 Å². The number of aliphatic imine (C=N–C) groups is 1. The summed E-state index contributed by atoms with van der Waals surface area (Å²) in [5.41, 5.74) is 3.52. The second-order valence-electron chi connectivity index (χ2n) is 6.86. The van der Waals surface area contributed by atoms with Gasteiger partial charge >= 0.3 is 0 Å². The Bertz CT molecular complexity index is 826. The van der Waals surface area contributed by atoms with Gasteiger partial charge in [0.05, 0.1) is 19.8 Å². The Hall–Kier alpha value is -2.77. The van der Waals surface area contributed by atoms with E-state index in [2.05, 4.69) is 39.9 Å². The Morgan fingerprint density at radius 1 is 0.967 bits per heavy atom. The first-order chi connectivity index (χ1) is 14.8. The molecule has 2 aromatic rings. The van der Waals surface area contributed by atoms with Crippen molar-refractivity contribution in [1.29, 1.82) is 0 Å². The Morgan fingerprint density at radius 3 is 2.67 bits per heavy atom. The van der Waals surface area contributed by atoms with E-state index in [4.69, 9.17) is 18.9 Å². The molecule has 30 heavy (non-hydrogen) atoms. The lowest BCUT2D eigenvalue weighted by molar-refractivity contribution is 0.0453. The third-order valence-corrected chi connectivity index (χ3v) is 4.66. The van der Waals surface area contributed by atoms with Crippen molar-refractivity contribution in [3.63, 3.8) is 0 Å². The van der Waals surface area contributed by atoms with Crippen molar-refractivity contribution in [2.75, 3.05) is 40.2 Å². The molecular formula is C23H31N3O4. The summed E-state index contributed by atoms with van der Waals surface area (Å²) < 4.78 is 21.7. The maximum atomic E-state index is 5.65. The van der Waals surface area contributed by atoms with E-state index in [1.807, 2.05) is 25.1 Å². The average Bonchev–Trinajstić information content (AvgIpc) is 3.24. The lowest BCUT2D eigenvalue weighted by Gasteiger charge is -2.13. The standard InChI is InChI=1S/C23H31N3O4/c1-3-27-11-12-28-16-20-6-4-5-19(13-20)15-26-23(24-2)25-10-9-18-7-8-21-22(14-18)30-17-29-21/h4-8,13-14H,3,9-12,15-17H2,1-2H3,(H2,24,25,26). The van der Waals surface area contributed by atoms with Gasteiger partial charge in [-0.15, -0.1) is 0 Å². The van der Waals surface area contributed by atoms with Crippen molar-refractivity contribution in [2.45, 2.75) is 26.5 Å². The number of fused-ring (bicyclic) bond motifs is 1. The van der Waals surface area contributed by atoms with E-state index >= 15 is 0 Å². The molecule has 0 atom stereocenters. The summed E-state index contributed by atoms with van der Waals surface area (Å²) in [6, 6.07) is 14.4. The molecule has 0 amide bonds. The molecule has 3 rings (SSSR count). The molecule has 162 valence electrons. The number of hydrogen-bond acceptors (Lipinski definition) is 5. The molecule has 2 N–H and O–H groups in total. The minimum Gasteiger partial charge on any atom is -0.454 e. The van der Waals surface area contributed by atoms with Crippen LogP contribution in [-0.2, 0) is 29.0 Å². The molecule has 1 aliphatic heterocycles. The molecule has 1 heterocycles. The molecule has 0 bridgehead atoms. The molecule has 7 nitrogen and oxygen atoms in total. The Labute approximate surface area is 178 Å². The fraction of sp³-hybridized carbons (Fsp3) is 0.435. The first-order valence-corrected chi connectivity index (χ1v) is 10.3. The average molecular weight is 414 g/mol. The smallest absolute Gasteiger partial charge is 0.231 e. The summed E-state index contributed by atoms with van der Waals surface area (Å²) in [5, 5.41) is 6.71. The molecule has 0 aliphatic carbocycles. The predicted molar refractivity (Wildman–Crippen MR) is 117 cm³/mol. The Kier molecular flexibility index (Phi) is 8.80. The summed E-state index contributed by atoms with van der Waals surface area (Å²) >= 11 is 0. The lowest BCUT2D eigenvalue weighted by Crippen LogP contribution is -2.37. The molecule has 0 spiro atoms. The topological polar surface area (TPSA) is 73.3 Å². The van der Waals surface area contributed by atoms with E-state index in [0.29, 0.717) is 33.2 Å². The minimum absolute atomic E-state index is 0.300. The SMILES string of the molecule is CCOCCOCc1cccc(CNC(=NC)NCCc2ccc3c(c2)OCO3)c1. The molecule has 0 radical (unpaired) electrons. The van der Waals surface area contributed by atoms with E-state index in [0.717, 1.165) is 42.6 Å². The first kappa shape index (κ1) is 21.9. The van der Waals surface area contributed by atoms with Crippen LogP contribution >= 0.6 is 0 Å². The van der Waals surface area contributed by atoms with Gasteiger partial charge in [0.2, 0.25) is 6.79 Å². The second kappa shape index (κ2) is 12.0. The zero-order valence-electron chi connectivity index (χ0n) is 17.8. The minimum atomic E-state index is 0.300. The number of ether oxygens (including phenoxy) is 4. The molecular weight excluding hydrogens is 382 g/mol. The molecule has 1 aliphatic rings. The molecule has 0 fully saturated rings. The molecule has 0 unspecified atom stereocenters. The van der Waals surface area contributed by atoms with Crippen molar-refractivity contribution < 1.29 is 18.9 Å². The highest BCUT2D eigenvalue weighted by Gasteiger charge is 2.12. The molecule has 2 aromatic carbocycles. The van der Waals surface area contributed by atoms with Crippen molar-refractivity contribution >= 4 is 5.96 Å². The number of benzene rings is 2. The number of guanidine groups is 1. The summed E-state index contributed by atoms with van der Waals surface area (Å²) in [6.45, 7) is 6.29. The van der Waals surface area contributed by atoms with Crippen LogP contribution in [0.1, 0.15) is 23.6 Å². The van der Waals surface area contributed by atoms with Crippen LogP contribution in [0.15, 0.2) is 47.5 Å². The van der Waals surface area contributed by atoms with Crippen LogP contribution in [-0.4, -0.2) is 46.2 Å². The highest BCUT2D eigenvalue weighted by Crippen LogP contribution is 2.32. The van der Waals surface area contributed by atoms with E-state index in [9.17, 15) is 0 Å². The highest BCUT2D eigenvalue weighted by molar-refractivity contribution is 5.79. The Balaban J connectivity index is 1.39. The maximum Gasteiger partial charge on any atom is 0.231 e. The van der Waals surface area contributed by atoms with Crippen LogP contribution in [0.4, 0.5) is 0 Å². The number of rotatable bonds is 11. The van der Waals surface area contributed by atoms with Gasteiger partial charge in [0, 0.05) is 26.7 Å². The summed E-state index contributed by atoms with van der Waals surface area (Å²) in [5.74, 6) is 2.40. The van der Waals surface area contributed by atoms with Crippen molar-refractivity contribution in [2.24, 2.45) is 4.99 Å². The molecule has 0 saturated heterocycles. The monoisotopic (exact) mass is 413 g/mol. The van der Waals surface area contributed by atoms with Crippen molar-refractivity contribution in [3.05, 3.63) is 59.2 Å². The van der Waals surface area contributed by atoms with Gasteiger partial charge in [-0.3, -0.25) is 4.99 Å². The third-order valence-electron chi connectivity index (χ3n) is 4.66. The van der Waals surface area contributed by atoms with E-state index in [1.54, 1.807) is 7.05 Å². The van der Waals surface area contributed by atoms with Crippen LogP contribution in [0.3, 0.4) is 0 Å². The van der Waals surface area contributed by atoms with Gasteiger partial charge in [0.1, 0.15) is 0 Å². The maximum absolute atomic E-state index is 5.65. The Morgan fingerprint density at radius 2 is 1.80 bits per heavy atom. The largest absolute Gasteiger partial charge is 0.454 e. The van der Waals surface area contributed by atoms with Crippen LogP contribution in [0, 0.1) is 0 Å². The number of nitrogens with zero attached hydrogens (tertiary/aromatic N) is 1. The van der Waals surface area contributed by atoms with Gasteiger partial charge in [-0.25, -0.2) is 0 Å². The highest BCUT2D eigenvalue weighted by atomic mass is 16.7. The van der Waals surface area contributed by atoms with Crippen LogP contribution in [0.25, 0.3) is 0 Å². The number of hydrogen-bond donors (Lipinski definition) is 2. The van der Waals surface area contributed by atoms with Gasteiger partial charge in [0.25, 0.3) is 0 Å². The van der Waals surface area contributed by atoms with E-state index in [-0.39, 0.29) is 0 Å². The van der Waals surface area contributed by atoms with Gasteiger partial charge < -0.3 is 29.6 Å². The third kappa shape index (κ3) is 6.93. The van der Waals surface area contributed by atoms with Gasteiger partial charge in [-0.05, 0) is 42.2 Å².